The first kappa shape index (κ1) is 22.5. The van der Waals surface area contributed by atoms with Crippen molar-refractivity contribution in [3.05, 3.63) is 59.2 Å². The summed E-state index contributed by atoms with van der Waals surface area (Å²) >= 11 is 0. The van der Waals surface area contributed by atoms with Crippen molar-refractivity contribution in [1.29, 1.82) is 0 Å². The molecule has 1 heterocycles. The average Bonchev–Trinajstić information content (AvgIpc) is 3.48. The zero-order valence-electron chi connectivity index (χ0n) is 18.7. The van der Waals surface area contributed by atoms with Crippen molar-refractivity contribution in [3.8, 4) is 0 Å². The molecule has 0 atom stereocenters. The van der Waals surface area contributed by atoms with Crippen LogP contribution in [-0.2, 0) is 14.6 Å². The van der Waals surface area contributed by atoms with Gasteiger partial charge >= 0.3 is 0 Å². The van der Waals surface area contributed by atoms with E-state index in [9.17, 15) is 18.0 Å². The van der Waals surface area contributed by atoms with Gasteiger partial charge in [0, 0.05) is 24.3 Å². The fourth-order valence-corrected chi connectivity index (χ4v) is 7.22. The van der Waals surface area contributed by atoms with Crippen LogP contribution < -0.4 is 5.32 Å². The summed E-state index contributed by atoms with van der Waals surface area (Å²) in [6, 6.07) is 12.1. The summed E-state index contributed by atoms with van der Waals surface area (Å²) in [7, 11) is -3.90. The first-order valence-corrected chi connectivity index (χ1v) is 12.8. The second kappa shape index (κ2) is 8.70. The van der Waals surface area contributed by atoms with E-state index in [-0.39, 0.29) is 10.8 Å². The van der Waals surface area contributed by atoms with Crippen LogP contribution in [0.3, 0.4) is 0 Å². The number of rotatable bonds is 5. The van der Waals surface area contributed by atoms with Gasteiger partial charge in [-0.2, -0.15) is 0 Å². The average molecular weight is 455 g/mol. The van der Waals surface area contributed by atoms with Crippen LogP contribution in [0.25, 0.3) is 0 Å². The van der Waals surface area contributed by atoms with Crippen LogP contribution in [0.15, 0.2) is 47.4 Å². The fourth-order valence-electron chi connectivity index (χ4n) is 4.85. The second-order valence-corrected chi connectivity index (χ2v) is 11.2. The largest absolute Gasteiger partial charge is 0.339 e. The molecule has 0 spiro atoms. The minimum absolute atomic E-state index is 0.0582. The van der Waals surface area contributed by atoms with Crippen LogP contribution in [0.2, 0.25) is 0 Å². The van der Waals surface area contributed by atoms with Gasteiger partial charge in [0.1, 0.15) is 0 Å². The SMILES string of the molecule is Cc1ccc(C)c(S(=O)(=O)C2(C(=O)Nc3cccc(C(=O)N4CCCC4)c3)CCCC2)c1. The second-order valence-electron chi connectivity index (χ2n) is 9.01. The maximum atomic E-state index is 13.8. The number of benzene rings is 2. The molecule has 0 radical (unpaired) electrons. The molecule has 170 valence electrons. The number of nitrogens with one attached hydrogen (secondary N) is 1. The minimum atomic E-state index is -3.90. The lowest BCUT2D eigenvalue weighted by molar-refractivity contribution is -0.118. The van der Waals surface area contributed by atoms with Crippen LogP contribution in [-0.4, -0.2) is 43.0 Å². The van der Waals surface area contributed by atoms with Gasteiger partial charge in [-0.05, 0) is 74.9 Å². The molecule has 0 unspecified atom stereocenters. The number of likely N-dealkylation sites (tertiary alicyclic amines) is 1. The lowest BCUT2D eigenvalue weighted by atomic mass is 10.1. The first-order valence-electron chi connectivity index (χ1n) is 11.3. The molecule has 7 heteroatoms. The van der Waals surface area contributed by atoms with Crippen molar-refractivity contribution in [1.82, 2.24) is 4.90 Å². The zero-order chi connectivity index (χ0) is 22.9. The third kappa shape index (κ3) is 3.94. The highest BCUT2D eigenvalue weighted by Crippen LogP contribution is 2.42. The lowest BCUT2D eigenvalue weighted by Crippen LogP contribution is -2.47. The van der Waals surface area contributed by atoms with Gasteiger partial charge in [-0.3, -0.25) is 9.59 Å². The Labute approximate surface area is 189 Å². The Morgan fingerprint density at radius 3 is 2.31 bits per heavy atom. The van der Waals surface area contributed by atoms with Gasteiger partial charge in [0.15, 0.2) is 14.6 Å². The smallest absolute Gasteiger partial charge is 0.253 e. The molecule has 1 N–H and O–H groups in total. The van der Waals surface area contributed by atoms with Gasteiger partial charge in [-0.1, -0.05) is 31.0 Å². The highest BCUT2D eigenvalue weighted by molar-refractivity contribution is 7.93. The third-order valence-electron chi connectivity index (χ3n) is 6.73. The maximum Gasteiger partial charge on any atom is 0.253 e. The van der Waals surface area contributed by atoms with Crippen LogP contribution >= 0.6 is 0 Å². The fraction of sp³-hybridized carbons (Fsp3) is 0.440. The Morgan fingerprint density at radius 1 is 0.938 bits per heavy atom. The summed E-state index contributed by atoms with van der Waals surface area (Å²) in [5.41, 5.74) is 2.44. The summed E-state index contributed by atoms with van der Waals surface area (Å²) in [6.07, 6.45) is 3.96. The minimum Gasteiger partial charge on any atom is -0.339 e. The van der Waals surface area contributed by atoms with Crippen molar-refractivity contribution < 1.29 is 18.0 Å². The predicted octanol–water partition coefficient (Wildman–Crippen LogP) is 4.26. The summed E-state index contributed by atoms with van der Waals surface area (Å²) in [5.74, 6) is -0.570. The number of aryl methyl sites for hydroxylation is 2. The highest BCUT2D eigenvalue weighted by Gasteiger charge is 2.53. The molecule has 1 aliphatic carbocycles. The number of amides is 2. The molecule has 1 saturated heterocycles. The molecule has 2 aromatic carbocycles. The van der Waals surface area contributed by atoms with Crippen molar-refractivity contribution in [3.63, 3.8) is 0 Å². The van der Waals surface area contributed by atoms with Crippen LogP contribution in [0.1, 0.15) is 60.0 Å². The molecule has 4 rings (SSSR count). The zero-order valence-corrected chi connectivity index (χ0v) is 19.5. The number of sulfone groups is 1. The van der Waals surface area contributed by atoms with E-state index < -0.39 is 20.5 Å². The standard InChI is InChI=1S/C25H30N2O4S/c1-18-10-11-19(2)22(16-18)32(30,31)25(12-3-4-13-25)24(29)26-21-9-7-8-20(17-21)23(28)27-14-5-6-15-27/h7-11,16-17H,3-6,12-15H2,1-2H3,(H,26,29). The van der Waals surface area contributed by atoms with E-state index >= 15 is 0 Å². The topological polar surface area (TPSA) is 83.5 Å². The number of anilines is 1. The molecular formula is C25H30N2O4S. The van der Waals surface area contributed by atoms with E-state index in [0.29, 0.717) is 42.5 Å². The molecule has 6 nitrogen and oxygen atoms in total. The molecule has 1 saturated carbocycles. The van der Waals surface area contributed by atoms with Gasteiger partial charge in [-0.15, -0.1) is 0 Å². The molecule has 0 aromatic heterocycles. The molecule has 1 aliphatic heterocycles. The molecule has 2 aromatic rings. The Hall–Kier alpha value is -2.67. The summed E-state index contributed by atoms with van der Waals surface area (Å²) in [6.45, 7) is 5.10. The molecular weight excluding hydrogens is 424 g/mol. The number of hydrogen-bond acceptors (Lipinski definition) is 4. The van der Waals surface area contributed by atoms with Crippen molar-refractivity contribution >= 4 is 27.3 Å². The van der Waals surface area contributed by atoms with E-state index in [1.54, 1.807) is 43.3 Å². The Balaban J connectivity index is 1.64. The predicted molar refractivity (Wildman–Crippen MR) is 125 cm³/mol. The van der Waals surface area contributed by atoms with E-state index in [2.05, 4.69) is 5.32 Å². The van der Waals surface area contributed by atoms with Gasteiger partial charge in [0.2, 0.25) is 5.91 Å². The lowest BCUT2D eigenvalue weighted by Gasteiger charge is -2.28. The van der Waals surface area contributed by atoms with Crippen molar-refractivity contribution in [2.45, 2.75) is 62.0 Å². The molecule has 2 aliphatic rings. The summed E-state index contributed by atoms with van der Waals surface area (Å²) in [4.78, 5) is 28.3. The van der Waals surface area contributed by atoms with E-state index in [1.807, 2.05) is 17.9 Å². The molecule has 2 amide bonds. The third-order valence-corrected chi connectivity index (χ3v) is 9.37. The Morgan fingerprint density at radius 2 is 1.62 bits per heavy atom. The van der Waals surface area contributed by atoms with Crippen molar-refractivity contribution in [2.75, 3.05) is 18.4 Å². The van der Waals surface area contributed by atoms with Gasteiger partial charge in [0.25, 0.3) is 5.91 Å². The van der Waals surface area contributed by atoms with Gasteiger partial charge in [-0.25, -0.2) is 8.42 Å². The Kier molecular flexibility index (Phi) is 6.12. The van der Waals surface area contributed by atoms with Gasteiger partial charge < -0.3 is 10.2 Å². The quantitative estimate of drug-likeness (QED) is 0.732. The summed E-state index contributed by atoms with van der Waals surface area (Å²) in [5, 5.41) is 2.83. The van der Waals surface area contributed by atoms with Crippen LogP contribution in [0.5, 0.6) is 0 Å². The monoisotopic (exact) mass is 454 g/mol. The van der Waals surface area contributed by atoms with Crippen LogP contribution in [0.4, 0.5) is 5.69 Å². The highest BCUT2D eigenvalue weighted by atomic mass is 32.2. The van der Waals surface area contributed by atoms with E-state index in [0.717, 1.165) is 31.5 Å². The van der Waals surface area contributed by atoms with Gasteiger partial charge in [0.05, 0.1) is 4.90 Å². The summed E-state index contributed by atoms with van der Waals surface area (Å²) < 4.78 is 26.1. The molecule has 2 fully saturated rings. The first-order chi connectivity index (χ1) is 15.2. The van der Waals surface area contributed by atoms with Crippen molar-refractivity contribution in [2.24, 2.45) is 0 Å². The van der Waals surface area contributed by atoms with E-state index in [1.165, 1.54) is 0 Å². The van der Waals surface area contributed by atoms with Crippen LogP contribution in [0, 0.1) is 13.8 Å². The molecule has 0 bridgehead atoms. The number of nitrogens with zero attached hydrogens (tertiary/aromatic N) is 1. The normalized spacial score (nSPS) is 18.0. The maximum absolute atomic E-state index is 13.8. The Bertz CT molecular complexity index is 1140. The number of carbonyl (C=O) groups is 2. The molecule has 32 heavy (non-hydrogen) atoms. The van der Waals surface area contributed by atoms with E-state index in [4.69, 9.17) is 0 Å². The number of hydrogen-bond donors (Lipinski definition) is 1. The number of carbonyl (C=O) groups excluding carboxylic acids is 2.